The fourth-order valence-electron chi connectivity index (χ4n) is 2.67. The van der Waals surface area contributed by atoms with Gasteiger partial charge in [0.25, 0.3) is 10.0 Å². The molecule has 0 fully saturated rings. The summed E-state index contributed by atoms with van der Waals surface area (Å²) >= 11 is 1.28. The van der Waals surface area contributed by atoms with Crippen molar-refractivity contribution in [2.45, 2.75) is 32.6 Å². The Bertz CT molecular complexity index is 1100. The molecule has 0 unspecified atom stereocenters. The van der Waals surface area contributed by atoms with E-state index in [1.807, 2.05) is 0 Å². The van der Waals surface area contributed by atoms with E-state index in [4.69, 9.17) is 4.52 Å². The van der Waals surface area contributed by atoms with Crippen LogP contribution in [-0.2, 0) is 10.0 Å². The summed E-state index contributed by atoms with van der Waals surface area (Å²) in [6, 6.07) is 2.58. The number of halogens is 2. The number of thiophene rings is 1. The molecule has 0 aliphatic carbocycles. The van der Waals surface area contributed by atoms with E-state index in [-0.39, 0.29) is 4.90 Å². The van der Waals surface area contributed by atoms with E-state index in [9.17, 15) is 17.2 Å². The van der Waals surface area contributed by atoms with Crippen LogP contribution in [0.3, 0.4) is 0 Å². The second-order valence-corrected chi connectivity index (χ2v) is 8.92. The Balaban J connectivity index is 2.17. The van der Waals surface area contributed by atoms with Gasteiger partial charge in [0.05, 0.1) is 16.9 Å². The number of benzene rings is 1. The minimum absolute atomic E-state index is 0.0251. The van der Waals surface area contributed by atoms with Gasteiger partial charge in [-0.3, -0.25) is 4.72 Å². The van der Waals surface area contributed by atoms with Gasteiger partial charge >= 0.3 is 0 Å². The molecule has 5 nitrogen and oxygen atoms in total. The molecule has 26 heavy (non-hydrogen) atoms. The van der Waals surface area contributed by atoms with Crippen molar-refractivity contribution in [1.82, 2.24) is 5.16 Å². The first-order valence-electron chi connectivity index (χ1n) is 7.63. The molecule has 0 amide bonds. The predicted molar refractivity (Wildman–Crippen MR) is 95.9 cm³/mol. The van der Waals surface area contributed by atoms with Crippen molar-refractivity contribution < 1.29 is 21.7 Å². The third-order valence-corrected chi connectivity index (χ3v) is 6.72. The predicted octanol–water partition coefficient (Wildman–Crippen LogP) is 4.72. The van der Waals surface area contributed by atoms with Crippen molar-refractivity contribution in [3.63, 3.8) is 0 Å². The number of nitrogens with zero attached hydrogens (tertiary/aromatic N) is 1. The molecule has 0 radical (unpaired) electrons. The average Bonchev–Trinajstić information content (AvgIpc) is 3.02. The molecule has 2 aromatic heterocycles. The van der Waals surface area contributed by atoms with Crippen LogP contribution in [0.2, 0.25) is 0 Å². The Labute approximate surface area is 153 Å². The topological polar surface area (TPSA) is 72.2 Å². The Morgan fingerprint density at radius 3 is 2.42 bits per heavy atom. The van der Waals surface area contributed by atoms with Crippen LogP contribution in [-0.4, -0.2) is 13.6 Å². The molecule has 1 aromatic carbocycles. The Hall–Kier alpha value is -2.26. The Morgan fingerprint density at radius 1 is 1.12 bits per heavy atom. The van der Waals surface area contributed by atoms with Crippen LogP contribution < -0.4 is 4.72 Å². The first-order chi connectivity index (χ1) is 12.1. The van der Waals surface area contributed by atoms with Crippen molar-refractivity contribution >= 4 is 27.0 Å². The quantitative estimate of drug-likeness (QED) is 0.690. The average molecular weight is 398 g/mol. The van der Waals surface area contributed by atoms with Gasteiger partial charge in [-0.05, 0) is 39.8 Å². The highest BCUT2D eigenvalue weighted by atomic mass is 32.2. The van der Waals surface area contributed by atoms with Crippen LogP contribution in [0.5, 0.6) is 0 Å². The fraction of sp³-hybridized carbons (Fsp3) is 0.235. The third kappa shape index (κ3) is 3.12. The summed E-state index contributed by atoms with van der Waals surface area (Å²) in [4.78, 5) is 1.21. The first kappa shape index (κ1) is 18.5. The SMILES string of the molecule is Cc1noc(-c2c(C)sc(C)c2S(=O)(=O)Nc2cc(F)ccc2F)c1C. The Kier molecular flexibility index (Phi) is 4.61. The number of anilines is 1. The molecule has 0 bridgehead atoms. The van der Waals surface area contributed by atoms with Gasteiger partial charge < -0.3 is 4.52 Å². The maximum Gasteiger partial charge on any atom is 0.263 e. The summed E-state index contributed by atoms with van der Waals surface area (Å²) in [5, 5.41) is 3.88. The summed E-state index contributed by atoms with van der Waals surface area (Å²) in [6.45, 7) is 6.96. The number of nitrogens with one attached hydrogen (secondary N) is 1. The normalized spacial score (nSPS) is 11.8. The van der Waals surface area contributed by atoms with Gasteiger partial charge in [0, 0.05) is 21.4 Å². The lowest BCUT2D eigenvalue weighted by Crippen LogP contribution is -2.15. The standard InChI is InChI=1S/C17H16F2N2O3S2/c1-8-9(2)20-24-16(8)15-10(3)25-11(4)17(15)26(22,23)21-14-7-12(18)5-6-13(14)19/h5-7,21H,1-4H3. The summed E-state index contributed by atoms with van der Waals surface area (Å²) < 4.78 is 60.7. The van der Waals surface area contributed by atoms with E-state index in [1.54, 1.807) is 27.7 Å². The molecule has 0 aliphatic rings. The second kappa shape index (κ2) is 6.48. The van der Waals surface area contributed by atoms with Crippen LogP contribution in [0.1, 0.15) is 21.0 Å². The van der Waals surface area contributed by atoms with Crippen LogP contribution >= 0.6 is 11.3 Å². The van der Waals surface area contributed by atoms with Crippen molar-refractivity contribution in [2.75, 3.05) is 4.72 Å². The molecule has 138 valence electrons. The monoisotopic (exact) mass is 398 g/mol. The highest BCUT2D eigenvalue weighted by Crippen LogP contribution is 2.41. The summed E-state index contributed by atoms with van der Waals surface area (Å²) in [6.07, 6.45) is 0. The number of rotatable bonds is 4. The molecule has 1 N–H and O–H groups in total. The summed E-state index contributed by atoms with van der Waals surface area (Å²) in [7, 11) is -4.18. The lowest BCUT2D eigenvalue weighted by molar-refractivity contribution is 0.426. The third-order valence-electron chi connectivity index (χ3n) is 4.03. The molecule has 3 aromatic rings. The lowest BCUT2D eigenvalue weighted by Gasteiger charge is -2.11. The molecule has 0 saturated heterocycles. The van der Waals surface area contributed by atoms with Crippen LogP contribution in [0, 0.1) is 39.3 Å². The maximum atomic E-state index is 13.9. The second-order valence-electron chi connectivity index (χ2n) is 5.87. The van der Waals surface area contributed by atoms with Crippen LogP contribution in [0.25, 0.3) is 11.3 Å². The number of aryl methyl sites for hydroxylation is 3. The van der Waals surface area contributed by atoms with E-state index in [1.165, 1.54) is 11.3 Å². The number of hydrogen-bond donors (Lipinski definition) is 1. The minimum atomic E-state index is -4.18. The van der Waals surface area contributed by atoms with E-state index < -0.39 is 27.3 Å². The lowest BCUT2D eigenvalue weighted by atomic mass is 10.1. The van der Waals surface area contributed by atoms with Crippen LogP contribution in [0.15, 0.2) is 27.6 Å². The van der Waals surface area contributed by atoms with E-state index in [2.05, 4.69) is 9.88 Å². The van der Waals surface area contributed by atoms with Gasteiger partial charge in [0.2, 0.25) is 0 Å². The van der Waals surface area contributed by atoms with Gasteiger partial charge in [-0.25, -0.2) is 17.2 Å². The maximum absolute atomic E-state index is 13.9. The molecule has 0 atom stereocenters. The molecule has 0 aliphatic heterocycles. The zero-order valence-electron chi connectivity index (χ0n) is 14.5. The zero-order chi connectivity index (χ0) is 19.2. The summed E-state index contributed by atoms with van der Waals surface area (Å²) in [5.41, 5.74) is 1.30. The van der Waals surface area contributed by atoms with Gasteiger partial charge in [-0.2, -0.15) is 0 Å². The van der Waals surface area contributed by atoms with Crippen molar-refractivity contribution in [3.8, 4) is 11.3 Å². The minimum Gasteiger partial charge on any atom is -0.356 e. The van der Waals surface area contributed by atoms with Gasteiger partial charge in [-0.15, -0.1) is 11.3 Å². The molecule has 0 spiro atoms. The van der Waals surface area contributed by atoms with Gasteiger partial charge in [-0.1, -0.05) is 5.16 Å². The highest BCUT2D eigenvalue weighted by molar-refractivity contribution is 7.93. The molecule has 3 rings (SSSR count). The molecular weight excluding hydrogens is 382 g/mol. The van der Waals surface area contributed by atoms with Gasteiger partial charge in [0.1, 0.15) is 16.5 Å². The van der Waals surface area contributed by atoms with Crippen LogP contribution in [0.4, 0.5) is 14.5 Å². The molecular formula is C17H16F2N2O3S2. The number of aromatic nitrogens is 1. The fourth-order valence-corrected chi connectivity index (χ4v) is 5.58. The van der Waals surface area contributed by atoms with Crippen molar-refractivity contribution in [1.29, 1.82) is 0 Å². The van der Waals surface area contributed by atoms with Crippen molar-refractivity contribution in [3.05, 3.63) is 50.8 Å². The zero-order valence-corrected chi connectivity index (χ0v) is 16.1. The molecule has 0 saturated carbocycles. The van der Waals surface area contributed by atoms with Crippen molar-refractivity contribution in [2.24, 2.45) is 0 Å². The Morgan fingerprint density at radius 2 is 1.81 bits per heavy atom. The van der Waals surface area contributed by atoms with Gasteiger partial charge in [0.15, 0.2) is 5.76 Å². The highest BCUT2D eigenvalue weighted by Gasteiger charge is 2.30. The molecule has 2 heterocycles. The molecule has 9 heteroatoms. The summed E-state index contributed by atoms with van der Waals surface area (Å²) in [5.74, 6) is -1.26. The smallest absolute Gasteiger partial charge is 0.263 e. The first-order valence-corrected chi connectivity index (χ1v) is 9.93. The largest absolute Gasteiger partial charge is 0.356 e. The van der Waals surface area contributed by atoms with E-state index >= 15 is 0 Å². The number of sulfonamides is 1. The van der Waals surface area contributed by atoms with E-state index in [0.717, 1.165) is 28.6 Å². The van der Waals surface area contributed by atoms with E-state index in [0.29, 0.717) is 21.9 Å². The number of hydrogen-bond acceptors (Lipinski definition) is 5.